The van der Waals surface area contributed by atoms with E-state index in [-0.39, 0.29) is 18.3 Å². The summed E-state index contributed by atoms with van der Waals surface area (Å²) >= 11 is 0. The predicted octanol–water partition coefficient (Wildman–Crippen LogP) is 1.76. The van der Waals surface area contributed by atoms with E-state index in [1.54, 1.807) is 41.0 Å². The Morgan fingerprint density at radius 1 is 1.35 bits per heavy atom. The molecule has 0 bridgehead atoms. The maximum Gasteiger partial charge on any atom is 0.250 e. The normalized spacial score (nSPS) is 17.0. The van der Waals surface area contributed by atoms with Gasteiger partial charge in [0.2, 0.25) is 0 Å². The molecule has 1 fully saturated rings. The Morgan fingerprint density at radius 2 is 2.09 bits per heavy atom. The zero-order chi connectivity index (χ0) is 16.3. The summed E-state index contributed by atoms with van der Waals surface area (Å²) in [6, 6.07) is 8.39. The molecule has 6 heteroatoms. The standard InChI is InChI=1S/C17H21FN4O/c1-21(13-14-5-2-3-6-15(14)18)16(23)17(7-10-19-11-8-17)22-12-4-9-20-22/h2-6,9,12,19H,7-8,10-11,13H2,1H3. The van der Waals surface area contributed by atoms with E-state index in [2.05, 4.69) is 10.4 Å². The van der Waals surface area contributed by atoms with Gasteiger partial charge in [-0.1, -0.05) is 18.2 Å². The fraction of sp³-hybridized carbons (Fsp3) is 0.412. The van der Waals surface area contributed by atoms with E-state index in [0.717, 1.165) is 13.1 Å². The van der Waals surface area contributed by atoms with Crippen LogP contribution in [0.5, 0.6) is 0 Å². The van der Waals surface area contributed by atoms with Gasteiger partial charge in [-0.15, -0.1) is 0 Å². The molecule has 5 nitrogen and oxygen atoms in total. The molecular formula is C17H21FN4O. The zero-order valence-electron chi connectivity index (χ0n) is 13.2. The number of piperidine rings is 1. The van der Waals surface area contributed by atoms with Crippen molar-refractivity contribution in [3.63, 3.8) is 0 Å². The molecule has 1 saturated heterocycles. The van der Waals surface area contributed by atoms with E-state index in [4.69, 9.17) is 0 Å². The number of halogens is 1. The highest BCUT2D eigenvalue weighted by Crippen LogP contribution is 2.29. The number of nitrogens with zero attached hydrogens (tertiary/aromatic N) is 3. The molecule has 23 heavy (non-hydrogen) atoms. The van der Waals surface area contributed by atoms with Crippen molar-refractivity contribution < 1.29 is 9.18 Å². The molecule has 0 unspecified atom stereocenters. The first kappa shape index (κ1) is 15.7. The number of nitrogens with one attached hydrogen (secondary N) is 1. The maximum absolute atomic E-state index is 13.9. The number of carbonyl (C=O) groups is 1. The monoisotopic (exact) mass is 316 g/mol. The average Bonchev–Trinajstić information content (AvgIpc) is 3.12. The quantitative estimate of drug-likeness (QED) is 0.935. The van der Waals surface area contributed by atoms with E-state index in [1.165, 1.54) is 6.07 Å². The van der Waals surface area contributed by atoms with Gasteiger partial charge in [-0.25, -0.2) is 4.39 Å². The molecule has 0 spiro atoms. The summed E-state index contributed by atoms with van der Waals surface area (Å²) in [5.41, 5.74) is -0.165. The summed E-state index contributed by atoms with van der Waals surface area (Å²) in [6.07, 6.45) is 4.87. The number of hydrogen-bond donors (Lipinski definition) is 1. The molecule has 3 rings (SSSR count). The van der Waals surface area contributed by atoms with Crippen molar-refractivity contribution >= 4 is 5.91 Å². The molecule has 0 radical (unpaired) electrons. The van der Waals surface area contributed by atoms with Gasteiger partial charge >= 0.3 is 0 Å². The second-order valence-electron chi connectivity index (χ2n) is 5.98. The summed E-state index contributed by atoms with van der Waals surface area (Å²) in [7, 11) is 1.72. The van der Waals surface area contributed by atoms with Gasteiger partial charge < -0.3 is 10.2 Å². The minimum atomic E-state index is -0.686. The largest absolute Gasteiger partial charge is 0.339 e. The smallest absolute Gasteiger partial charge is 0.250 e. The SMILES string of the molecule is CN(Cc1ccccc1F)C(=O)C1(n2cccn2)CCNCC1. The number of benzene rings is 1. The number of amides is 1. The van der Waals surface area contributed by atoms with Crippen LogP contribution < -0.4 is 5.32 Å². The van der Waals surface area contributed by atoms with Gasteiger partial charge in [-0.05, 0) is 38.1 Å². The second kappa shape index (κ2) is 6.50. The highest BCUT2D eigenvalue weighted by Gasteiger charge is 2.43. The predicted molar refractivity (Wildman–Crippen MR) is 85.2 cm³/mol. The lowest BCUT2D eigenvalue weighted by molar-refractivity contribution is -0.142. The summed E-state index contributed by atoms with van der Waals surface area (Å²) in [5, 5.41) is 7.59. The van der Waals surface area contributed by atoms with Crippen LogP contribution in [0.4, 0.5) is 4.39 Å². The van der Waals surface area contributed by atoms with Gasteiger partial charge in [-0.2, -0.15) is 5.10 Å². The number of aromatic nitrogens is 2. The van der Waals surface area contributed by atoms with E-state index < -0.39 is 5.54 Å². The summed E-state index contributed by atoms with van der Waals surface area (Å²) in [4.78, 5) is 14.8. The van der Waals surface area contributed by atoms with Crippen LogP contribution in [0, 0.1) is 5.82 Å². The molecule has 0 atom stereocenters. The number of hydrogen-bond acceptors (Lipinski definition) is 3. The van der Waals surface area contributed by atoms with Gasteiger partial charge in [0.25, 0.3) is 5.91 Å². The molecule has 122 valence electrons. The van der Waals surface area contributed by atoms with Gasteiger partial charge in [0.1, 0.15) is 11.4 Å². The molecule has 2 aromatic rings. The molecule has 1 aromatic heterocycles. The van der Waals surface area contributed by atoms with Crippen molar-refractivity contribution in [3.05, 3.63) is 54.1 Å². The third kappa shape index (κ3) is 2.99. The van der Waals surface area contributed by atoms with E-state index >= 15 is 0 Å². The first-order chi connectivity index (χ1) is 11.1. The van der Waals surface area contributed by atoms with Crippen LogP contribution in [-0.4, -0.2) is 40.7 Å². The Balaban J connectivity index is 1.85. The van der Waals surface area contributed by atoms with Crippen LogP contribution in [0.15, 0.2) is 42.7 Å². The fourth-order valence-corrected chi connectivity index (χ4v) is 3.21. The van der Waals surface area contributed by atoms with Crippen molar-refractivity contribution in [1.82, 2.24) is 20.0 Å². The first-order valence-corrected chi connectivity index (χ1v) is 7.83. The van der Waals surface area contributed by atoms with Gasteiger partial charge in [0.15, 0.2) is 0 Å². The lowest BCUT2D eigenvalue weighted by Crippen LogP contribution is -2.54. The Kier molecular flexibility index (Phi) is 4.43. The zero-order valence-corrected chi connectivity index (χ0v) is 13.2. The molecule has 1 aliphatic heterocycles. The molecular weight excluding hydrogens is 295 g/mol. The highest BCUT2D eigenvalue weighted by molar-refractivity contribution is 5.84. The van der Waals surface area contributed by atoms with Crippen molar-refractivity contribution in [2.45, 2.75) is 24.9 Å². The minimum Gasteiger partial charge on any atom is -0.339 e. The Bertz CT molecular complexity index is 665. The summed E-state index contributed by atoms with van der Waals surface area (Å²) in [6.45, 7) is 1.78. The Hall–Kier alpha value is -2.21. The number of likely N-dealkylation sites (N-methyl/N-ethyl adjacent to an activating group) is 1. The van der Waals surface area contributed by atoms with Crippen molar-refractivity contribution in [2.75, 3.05) is 20.1 Å². The third-order valence-corrected chi connectivity index (χ3v) is 4.48. The summed E-state index contributed by atoms with van der Waals surface area (Å²) < 4.78 is 15.6. The van der Waals surface area contributed by atoms with Gasteiger partial charge in [0.05, 0.1) is 0 Å². The van der Waals surface area contributed by atoms with Crippen LogP contribution in [-0.2, 0) is 16.9 Å². The van der Waals surface area contributed by atoms with Crippen LogP contribution in [0.25, 0.3) is 0 Å². The van der Waals surface area contributed by atoms with Gasteiger partial charge in [-0.3, -0.25) is 9.48 Å². The molecule has 2 heterocycles. The second-order valence-corrected chi connectivity index (χ2v) is 5.98. The van der Waals surface area contributed by atoms with Crippen molar-refractivity contribution in [3.8, 4) is 0 Å². The first-order valence-electron chi connectivity index (χ1n) is 7.83. The van der Waals surface area contributed by atoms with Gasteiger partial charge in [0, 0.05) is 31.5 Å². The number of carbonyl (C=O) groups excluding carboxylic acids is 1. The maximum atomic E-state index is 13.9. The topological polar surface area (TPSA) is 50.2 Å². The lowest BCUT2D eigenvalue weighted by atomic mass is 9.86. The van der Waals surface area contributed by atoms with Crippen LogP contribution in [0.3, 0.4) is 0 Å². The van der Waals surface area contributed by atoms with E-state index in [0.29, 0.717) is 18.4 Å². The van der Waals surface area contributed by atoms with Crippen molar-refractivity contribution in [2.24, 2.45) is 0 Å². The van der Waals surface area contributed by atoms with Crippen LogP contribution in [0.1, 0.15) is 18.4 Å². The fourth-order valence-electron chi connectivity index (χ4n) is 3.21. The molecule has 0 saturated carbocycles. The Labute approximate surface area is 135 Å². The number of rotatable bonds is 4. The average molecular weight is 316 g/mol. The van der Waals surface area contributed by atoms with E-state index in [9.17, 15) is 9.18 Å². The van der Waals surface area contributed by atoms with E-state index in [1.807, 2.05) is 12.3 Å². The molecule has 1 aliphatic rings. The molecule has 1 N–H and O–H groups in total. The third-order valence-electron chi connectivity index (χ3n) is 4.48. The van der Waals surface area contributed by atoms with Crippen LogP contribution in [0.2, 0.25) is 0 Å². The molecule has 1 amide bonds. The Morgan fingerprint density at radius 3 is 2.74 bits per heavy atom. The summed E-state index contributed by atoms with van der Waals surface area (Å²) in [5.74, 6) is -0.309. The highest BCUT2D eigenvalue weighted by atomic mass is 19.1. The molecule has 1 aromatic carbocycles. The van der Waals surface area contributed by atoms with Crippen LogP contribution >= 0.6 is 0 Å². The minimum absolute atomic E-state index is 0.0223. The molecule has 0 aliphatic carbocycles. The van der Waals surface area contributed by atoms with Crippen molar-refractivity contribution in [1.29, 1.82) is 0 Å². The lowest BCUT2D eigenvalue weighted by Gasteiger charge is -2.39.